The Balaban J connectivity index is 2.26. The number of carboxylic acid groups (broad SMARTS) is 1. The van der Waals surface area contributed by atoms with Gasteiger partial charge in [-0.05, 0) is 35.9 Å². The molecule has 3 nitrogen and oxygen atoms in total. The zero-order valence-corrected chi connectivity index (χ0v) is 12.0. The van der Waals surface area contributed by atoms with E-state index < -0.39 is 5.97 Å². The molecule has 0 aromatic heterocycles. The topological polar surface area (TPSA) is 46.5 Å². The first-order valence-electron chi connectivity index (χ1n) is 6.44. The second-order valence-corrected chi connectivity index (χ2v) is 5.28. The number of rotatable bonds is 9. The Hall–Kier alpha value is -1.42. The zero-order chi connectivity index (χ0) is 13.9. The highest BCUT2D eigenvalue weighted by molar-refractivity contribution is 7.99. The molecule has 0 amide bonds. The summed E-state index contributed by atoms with van der Waals surface area (Å²) in [7, 11) is 0. The maximum absolute atomic E-state index is 10.4. The third-order valence-corrected chi connectivity index (χ3v) is 3.47. The van der Waals surface area contributed by atoms with E-state index in [9.17, 15) is 4.79 Å². The van der Waals surface area contributed by atoms with Crippen LogP contribution in [0.3, 0.4) is 0 Å². The van der Waals surface area contributed by atoms with Gasteiger partial charge in [-0.2, -0.15) is 11.8 Å². The fourth-order valence-electron chi connectivity index (χ4n) is 1.41. The Morgan fingerprint density at radius 3 is 2.68 bits per heavy atom. The standard InChI is InChI=1S/C15H20O3S/c1-2-3-11-19-12-10-18-14-7-4-13(5-8-14)6-9-15(16)17/h4-9H,2-3,10-12H2,1H3,(H,16,17)/b9-6+. The minimum Gasteiger partial charge on any atom is -0.493 e. The van der Waals surface area contributed by atoms with Gasteiger partial charge in [-0.1, -0.05) is 25.5 Å². The SMILES string of the molecule is CCCCSCCOc1ccc(/C=C/C(=O)O)cc1. The normalized spacial score (nSPS) is 10.8. The predicted molar refractivity (Wildman–Crippen MR) is 80.8 cm³/mol. The van der Waals surface area contributed by atoms with Crippen molar-refractivity contribution in [2.75, 3.05) is 18.1 Å². The molecule has 1 aromatic rings. The van der Waals surface area contributed by atoms with Crippen molar-refractivity contribution in [2.24, 2.45) is 0 Å². The van der Waals surface area contributed by atoms with Crippen molar-refractivity contribution < 1.29 is 14.6 Å². The van der Waals surface area contributed by atoms with Gasteiger partial charge in [-0.3, -0.25) is 0 Å². The van der Waals surface area contributed by atoms with E-state index in [2.05, 4.69) is 6.92 Å². The van der Waals surface area contributed by atoms with Crippen molar-refractivity contribution in [3.63, 3.8) is 0 Å². The molecule has 0 bridgehead atoms. The number of benzene rings is 1. The number of hydrogen-bond acceptors (Lipinski definition) is 3. The molecule has 19 heavy (non-hydrogen) atoms. The predicted octanol–water partition coefficient (Wildman–Crippen LogP) is 3.70. The van der Waals surface area contributed by atoms with E-state index >= 15 is 0 Å². The summed E-state index contributed by atoms with van der Waals surface area (Å²) in [5, 5.41) is 8.52. The molecular formula is C15H20O3S. The average Bonchev–Trinajstić information content (AvgIpc) is 2.41. The van der Waals surface area contributed by atoms with Crippen molar-refractivity contribution in [3.05, 3.63) is 35.9 Å². The van der Waals surface area contributed by atoms with Gasteiger partial charge in [0.2, 0.25) is 0 Å². The van der Waals surface area contributed by atoms with Crippen LogP contribution < -0.4 is 4.74 Å². The molecule has 104 valence electrons. The Morgan fingerprint density at radius 2 is 2.05 bits per heavy atom. The van der Waals surface area contributed by atoms with Gasteiger partial charge in [-0.15, -0.1) is 0 Å². The third kappa shape index (κ3) is 7.57. The molecule has 0 aliphatic rings. The Morgan fingerprint density at radius 1 is 1.32 bits per heavy atom. The van der Waals surface area contributed by atoms with Crippen molar-refractivity contribution in [1.29, 1.82) is 0 Å². The van der Waals surface area contributed by atoms with Crippen LogP contribution in [-0.4, -0.2) is 29.2 Å². The number of hydrogen-bond donors (Lipinski definition) is 1. The molecule has 1 rings (SSSR count). The van der Waals surface area contributed by atoms with Gasteiger partial charge in [-0.25, -0.2) is 4.79 Å². The van der Waals surface area contributed by atoms with Crippen molar-refractivity contribution in [2.45, 2.75) is 19.8 Å². The lowest BCUT2D eigenvalue weighted by molar-refractivity contribution is -0.131. The quantitative estimate of drug-likeness (QED) is 0.553. The van der Waals surface area contributed by atoms with E-state index in [1.165, 1.54) is 18.6 Å². The molecule has 1 aromatic carbocycles. The highest BCUT2D eigenvalue weighted by Gasteiger charge is 1.95. The highest BCUT2D eigenvalue weighted by atomic mass is 32.2. The maximum Gasteiger partial charge on any atom is 0.328 e. The van der Waals surface area contributed by atoms with E-state index in [4.69, 9.17) is 9.84 Å². The van der Waals surface area contributed by atoms with E-state index in [0.29, 0.717) is 6.61 Å². The molecule has 0 aliphatic carbocycles. The first kappa shape index (κ1) is 15.6. The van der Waals surface area contributed by atoms with Gasteiger partial charge in [0, 0.05) is 11.8 Å². The molecule has 0 spiro atoms. The summed E-state index contributed by atoms with van der Waals surface area (Å²) >= 11 is 1.91. The number of aliphatic carboxylic acids is 1. The van der Waals surface area contributed by atoms with E-state index in [1.807, 2.05) is 36.0 Å². The Labute approximate surface area is 118 Å². The van der Waals surface area contributed by atoms with Gasteiger partial charge in [0.05, 0.1) is 6.61 Å². The lowest BCUT2D eigenvalue weighted by atomic mass is 10.2. The molecule has 4 heteroatoms. The molecule has 0 atom stereocenters. The number of unbranched alkanes of at least 4 members (excludes halogenated alkanes) is 1. The van der Waals surface area contributed by atoms with Crippen LogP contribution in [0.4, 0.5) is 0 Å². The number of carboxylic acids is 1. The summed E-state index contributed by atoms with van der Waals surface area (Å²) in [6, 6.07) is 7.41. The summed E-state index contributed by atoms with van der Waals surface area (Å²) < 4.78 is 5.61. The summed E-state index contributed by atoms with van der Waals surface area (Å²) in [4.78, 5) is 10.4. The zero-order valence-electron chi connectivity index (χ0n) is 11.2. The molecule has 0 heterocycles. The summed E-state index contributed by atoms with van der Waals surface area (Å²) in [5.74, 6) is 2.08. The van der Waals surface area contributed by atoms with Gasteiger partial charge < -0.3 is 9.84 Å². The monoisotopic (exact) mass is 280 g/mol. The highest BCUT2D eigenvalue weighted by Crippen LogP contribution is 2.14. The Bertz CT molecular complexity index is 398. The van der Waals surface area contributed by atoms with E-state index in [-0.39, 0.29) is 0 Å². The van der Waals surface area contributed by atoms with Crippen LogP contribution in [0.15, 0.2) is 30.3 Å². The minimum atomic E-state index is -0.940. The molecule has 0 aliphatic heterocycles. The molecule has 0 fully saturated rings. The molecule has 0 unspecified atom stereocenters. The van der Waals surface area contributed by atoms with Gasteiger partial charge in [0.1, 0.15) is 5.75 Å². The smallest absolute Gasteiger partial charge is 0.328 e. The maximum atomic E-state index is 10.4. The lowest BCUT2D eigenvalue weighted by Gasteiger charge is -2.06. The second-order valence-electron chi connectivity index (χ2n) is 4.05. The minimum absolute atomic E-state index is 0.707. The fraction of sp³-hybridized carbons (Fsp3) is 0.400. The first-order chi connectivity index (χ1) is 9.22. The van der Waals surface area contributed by atoms with Gasteiger partial charge in [0.25, 0.3) is 0 Å². The third-order valence-electron chi connectivity index (χ3n) is 2.44. The molecule has 0 saturated carbocycles. The van der Waals surface area contributed by atoms with Crippen LogP contribution in [0, 0.1) is 0 Å². The van der Waals surface area contributed by atoms with E-state index in [0.717, 1.165) is 23.1 Å². The van der Waals surface area contributed by atoms with Crippen LogP contribution in [-0.2, 0) is 4.79 Å². The summed E-state index contributed by atoms with van der Waals surface area (Å²) in [6.07, 6.45) is 5.18. The number of carbonyl (C=O) groups is 1. The number of thioether (sulfide) groups is 1. The molecular weight excluding hydrogens is 260 g/mol. The van der Waals surface area contributed by atoms with Gasteiger partial charge in [0.15, 0.2) is 0 Å². The van der Waals surface area contributed by atoms with Crippen LogP contribution in [0.25, 0.3) is 6.08 Å². The molecule has 1 N–H and O–H groups in total. The van der Waals surface area contributed by atoms with Crippen LogP contribution in [0.1, 0.15) is 25.3 Å². The second kappa shape index (κ2) is 9.50. The van der Waals surface area contributed by atoms with Crippen molar-refractivity contribution in [1.82, 2.24) is 0 Å². The van der Waals surface area contributed by atoms with Gasteiger partial charge >= 0.3 is 5.97 Å². The molecule has 0 radical (unpaired) electrons. The summed E-state index contributed by atoms with van der Waals surface area (Å²) in [6.45, 7) is 2.90. The van der Waals surface area contributed by atoms with Crippen molar-refractivity contribution >= 4 is 23.8 Å². The average molecular weight is 280 g/mol. The molecule has 0 saturated heterocycles. The van der Waals surface area contributed by atoms with Crippen LogP contribution in [0.5, 0.6) is 5.75 Å². The largest absolute Gasteiger partial charge is 0.493 e. The first-order valence-corrected chi connectivity index (χ1v) is 7.59. The van der Waals surface area contributed by atoms with Crippen LogP contribution in [0.2, 0.25) is 0 Å². The summed E-state index contributed by atoms with van der Waals surface area (Å²) in [5.41, 5.74) is 0.854. The number of ether oxygens (including phenoxy) is 1. The van der Waals surface area contributed by atoms with E-state index in [1.54, 1.807) is 6.08 Å². The van der Waals surface area contributed by atoms with Crippen molar-refractivity contribution in [3.8, 4) is 5.75 Å². The lowest BCUT2D eigenvalue weighted by Crippen LogP contribution is -2.00. The Kier molecular flexibility index (Phi) is 7.82. The fourth-order valence-corrected chi connectivity index (χ4v) is 2.31. The van der Waals surface area contributed by atoms with Crippen LogP contribution >= 0.6 is 11.8 Å².